The molecule has 0 spiro atoms. The van der Waals surface area contributed by atoms with Gasteiger partial charge >= 0.3 is 0 Å². The highest BCUT2D eigenvalue weighted by Crippen LogP contribution is 2.27. The number of carbonyl (C=O) groups is 1. The second kappa shape index (κ2) is 7.03. The number of aromatic nitrogens is 2. The summed E-state index contributed by atoms with van der Waals surface area (Å²) in [6, 6.07) is 11.5. The quantitative estimate of drug-likeness (QED) is 0.755. The Hall–Kier alpha value is -2.73. The number of pyridine rings is 1. The van der Waals surface area contributed by atoms with Gasteiger partial charge in [-0.25, -0.2) is 4.98 Å². The molecule has 128 valence electrons. The van der Waals surface area contributed by atoms with Crippen molar-refractivity contribution < 1.29 is 4.79 Å². The smallest absolute Gasteiger partial charge is 0.263 e. The van der Waals surface area contributed by atoms with Crippen molar-refractivity contribution in [3.8, 4) is 11.3 Å². The summed E-state index contributed by atoms with van der Waals surface area (Å²) < 4.78 is 0. The number of aromatic amines is 1. The summed E-state index contributed by atoms with van der Waals surface area (Å²) in [7, 11) is 0. The van der Waals surface area contributed by atoms with E-state index >= 15 is 0 Å². The van der Waals surface area contributed by atoms with Crippen molar-refractivity contribution in [2.75, 3.05) is 0 Å². The highest BCUT2D eigenvalue weighted by molar-refractivity contribution is 7.14. The van der Waals surface area contributed by atoms with E-state index in [0.29, 0.717) is 16.1 Å². The van der Waals surface area contributed by atoms with Gasteiger partial charge in [0.1, 0.15) is 4.88 Å². The number of rotatable bonds is 4. The van der Waals surface area contributed by atoms with Gasteiger partial charge in [-0.15, -0.1) is 11.3 Å². The van der Waals surface area contributed by atoms with E-state index in [2.05, 4.69) is 15.3 Å². The molecule has 3 aromatic rings. The SMILES string of the molecule is Cc1cc(C)c(CNC(=O)c2sc(C)nc2-c2ccccc2)c(=O)[nH]1. The molecule has 5 nitrogen and oxygen atoms in total. The van der Waals surface area contributed by atoms with Gasteiger partial charge in [0, 0.05) is 23.4 Å². The second-order valence-electron chi connectivity index (χ2n) is 5.90. The molecule has 0 bridgehead atoms. The Morgan fingerprint density at radius 3 is 2.60 bits per heavy atom. The fraction of sp³-hybridized carbons (Fsp3) is 0.211. The molecule has 6 heteroatoms. The Morgan fingerprint density at radius 2 is 1.92 bits per heavy atom. The first kappa shape index (κ1) is 17.1. The fourth-order valence-corrected chi connectivity index (χ4v) is 3.58. The normalized spacial score (nSPS) is 10.7. The lowest BCUT2D eigenvalue weighted by atomic mass is 10.1. The van der Waals surface area contributed by atoms with Crippen LogP contribution in [-0.4, -0.2) is 15.9 Å². The van der Waals surface area contributed by atoms with Crippen LogP contribution in [0.3, 0.4) is 0 Å². The van der Waals surface area contributed by atoms with E-state index in [1.165, 1.54) is 11.3 Å². The molecule has 0 aliphatic carbocycles. The number of nitrogens with zero attached hydrogens (tertiary/aromatic N) is 1. The summed E-state index contributed by atoms with van der Waals surface area (Å²) in [6.07, 6.45) is 0. The Labute approximate surface area is 149 Å². The third-order valence-corrected chi connectivity index (χ3v) is 4.88. The first-order valence-corrected chi connectivity index (χ1v) is 8.78. The summed E-state index contributed by atoms with van der Waals surface area (Å²) in [5.41, 5.74) is 3.66. The summed E-state index contributed by atoms with van der Waals surface area (Å²) in [5, 5.41) is 3.68. The Morgan fingerprint density at radius 1 is 1.20 bits per heavy atom. The van der Waals surface area contributed by atoms with Gasteiger partial charge < -0.3 is 10.3 Å². The molecule has 3 rings (SSSR count). The third-order valence-electron chi connectivity index (χ3n) is 3.91. The van der Waals surface area contributed by atoms with E-state index in [1.807, 2.05) is 57.2 Å². The molecule has 0 saturated heterocycles. The molecule has 1 amide bonds. The van der Waals surface area contributed by atoms with Gasteiger partial charge in [0.25, 0.3) is 11.5 Å². The first-order valence-electron chi connectivity index (χ1n) is 7.96. The number of hydrogen-bond donors (Lipinski definition) is 2. The largest absolute Gasteiger partial charge is 0.347 e. The third kappa shape index (κ3) is 3.69. The van der Waals surface area contributed by atoms with Gasteiger partial charge in [-0.1, -0.05) is 30.3 Å². The fourth-order valence-electron chi connectivity index (χ4n) is 2.72. The minimum absolute atomic E-state index is 0.165. The van der Waals surface area contributed by atoms with Gasteiger partial charge in [-0.05, 0) is 32.4 Å². The van der Waals surface area contributed by atoms with Crippen LogP contribution in [-0.2, 0) is 6.54 Å². The Kier molecular flexibility index (Phi) is 4.81. The molecule has 2 N–H and O–H groups in total. The highest BCUT2D eigenvalue weighted by Gasteiger charge is 2.18. The van der Waals surface area contributed by atoms with E-state index < -0.39 is 0 Å². The van der Waals surface area contributed by atoms with Crippen molar-refractivity contribution >= 4 is 17.2 Å². The minimum atomic E-state index is -0.219. The number of carbonyl (C=O) groups excluding carboxylic acids is 1. The van der Waals surface area contributed by atoms with Crippen LogP contribution >= 0.6 is 11.3 Å². The maximum absolute atomic E-state index is 12.7. The molecule has 0 unspecified atom stereocenters. The van der Waals surface area contributed by atoms with Crippen molar-refractivity contribution in [2.24, 2.45) is 0 Å². The minimum Gasteiger partial charge on any atom is -0.347 e. The number of amides is 1. The molecular formula is C19H19N3O2S. The number of H-pyrrole nitrogens is 1. The summed E-state index contributed by atoms with van der Waals surface area (Å²) in [6.45, 7) is 5.77. The van der Waals surface area contributed by atoms with Gasteiger partial charge in [-0.2, -0.15) is 0 Å². The van der Waals surface area contributed by atoms with Gasteiger partial charge in [0.05, 0.1) is 10.7 Å². The predicted molar refractivity (Wildman–Crippen MR) is 100.0 cm³/mol. The van der Waals surface area contributed by atoms with Crippen LogP contribution in [0.5, 0.6) is 0 Å². The van der Waals surface area contributed by atoms with Crippen LogP contribution in [0, 0.1) is 20.8 Å². The molecule has 0 saturated carbocycles. The molecule has 0 fully saturated rings. The average Bonchev–Trinajstić information content (AvgIpc) is 2.96. The maximum Gasteiger partial charge on any atom is 0.263 e. The topological polar surface area (TPSA) is 74.8 Å². The van der Waals surface area contributed by atoms with Crippen molar-refractivity contribution in [1.29, 1.82) is 0 Å². The van der Waals surface area contributed by atoms with Crippen LogP contribution in [0.2, 0.25) is 0 Å². The van der Waals surface area contributed by atoms with Crippen LogP contribution < -0.4 is 10.9 Å². The zero-order valence-corrected chi connectivity index (χ0v) is 15.2. The average molecular weight is 353 g/mol. The van der Waals surface area contributed by atoms with E-state index in [9.17, 15) is 9.59 Å². The van der Waals surface area contributed by atoms with Crippen molar-refractivity contribution in [3.05, 3.63) is 73.5 Å². The lowest BCUT2D eigenvalue weighted by molar-refractivity contribution is 0.0955. The van der Waals surface area contributed by atoms with E-state index in [1.54, 1.807) is 0 Å². The summed E-state index contributed by atoms with van der Waals surface area (Å²) >= 11 is 1.35. The number of nitrogens with one attached hydrogen (secondary N) is 2. The molecule has 2 heterocycles. The molecular weight excluding hydrogens is 334 g/mol. The molecule has 1 aromatic carbocycles. The van der Waals surface area contributed by atoms with E-state index in [-0.39, 0.29) is 18.0 Å². The van der Waals surface area contributed by atoms with Crippen LogP contribution in [0.25, 0.3) is 11.3 Å². The molecule has 0 radical (unpaired) electrons. The zero-order valence-electron chi connectivity index (χ0n) is 14.3. The van der Waals surface area contributed by atoms with Crippen molar-refractivity contribution in [1.82, 2.24) is 15.3 Å². The number of hydrogen-bond acceptors (Lipinski definition) is 4. The molecule has 0 atom stereocenters. The molecule has 0 aliphatic rings. The summed E-state index contributed by atoms with van der Waals surface area (Å²) in [5.74, 6) is -0.219. The van der Waals surface area contributed by atoms with Gasteiger partial charge in [0.15, 0.2) is 0 Å². The van der Waals surface area contributed by atoms with Gasteiger partial charge in [0.2, 0.25) is 0 Å². The Balaban J connectivity index is 1.85. The van der Waals surface area contributed by atoms with Gasteiger partial charge in [-0.3, -0.25) is 9.59 Å². The van der Waals surface area contributed by atoms with Crippen LogP contribution in [0.15, 0.2) is 41.2 Å². The predicted octanol–water partition coefficient (Wildman–Crippen LogP) is 3.35. The standard InChI is InChI=1S/C19H19N3O2S/c1-11-9-12(2)21-18(23)15(11)10-20-19(24)17-16(22-13(3)25-17)14-7-5-4-6-8-14/h4-9H,10H2,1-3H3,(H,20,24)(H,21,23). The zero-order chi connectivity index (χ0) is 18.0. The highest BCUT2D eigenvalue weighted by atomic mass is 32.1. The maximum atomic E-state index is 12.7. The molecule has 0 aliphatic heterocycles. The lowest BCUT2D eigenvalue weighted by Gasteiger charge is -2.08. The van der Waals surface area contributed by atoms with E-state index in [0.717, 1.165) is 21.8 Å². The Bertz CT molecular complexity index is 974. The lowest BCUT2D eigenvalue weighted by Crippen LogP contribution is -2.27. The van der Waals surface area contributed by atoms with Crippen LogP contribution in [0.4, 0.5) is 0 Å². The molecule has 2 aromatic heterocycles. The molecule has 25 heavy (non-hydrogen) atoms. The number of aryl methyl sites for hydroxylation is 3. The summed E-state index contributed by atoms with van der Waals surface area (Å²) in [4.78, 5) is 32.6. The van der Waals surface area contributed by atoms with Crippen LogP contribution in [0.1, 0.15) is 31.5 Å². The first-order chi connectivity index (χ1) is 12.0. The van der Waals surface area contributed by atoms with Crippen molar-refractivity contribution in [3.63, 3.8) is 0 Å². The van der Waals surface area contributed by atoms with E-state index in [4.69, 9.17) is 0 Å². The van der Waals surface area contributed by atoms with Crippen molar-refractivity contribution in [2.45, 2.75) is 27.3 Å². The second-order valence-corrected chi connectivity index (χ2v) is 7.11. The monoisotopic (exact) mass is 353 g/mol. The number of thiazole rings is 1. The number of benzene rings is 1.